The SMILES string of the molecule is CCOc1cc(/C=C2\SC(=O)N(Cc3ccc(Cl)cc3Cl)C2=O)ccc1OC(=O)c1ccccc1. The summed E-state index contributed by atoms with van der Waals surface area (Å²) in [5.74, 6) is -0.342. The first-order valence-corrected chi connectivity index (χ1v) is 12.2. The molecule has 0 aromatic heterocycles. The summed E-state index contributed by atoms with van der Waals surface area (Å²) in [6, 6.07) is 18.4. The summed E-state index contributed by atoms with van der Waals surface area (Å²) in [4.78, 5) is 39.3. The fourth-order valence-corrected chi connectivity index (χ4v) is 4.61. The number of rotatable bonds is 7. The molecule has 1 heterocycles. The predicted octanol–water partition coefficient (Wildman–Crippen LogP) is 6.85. The van der Waals surface area contributed by atoms with Gasteiger partial charge in [0, 0.05) is 10.0 Å². The molecule has 0 N–H and O–H groups in total. The molecule has 1 saturated heterocycles. The number of halogens is 2. The molecule has 9 heteroatoms. The molecule has 2 amide bonds. The number of thioether (sulfide) groups is 1. The smallest absolute Gasteiger partial charge is 0.343 e. The van der Waals surface area contributed by atoms with Crippen molar-refractivity contribution in [2.24, 2.45) is 0 Å². The molecule has 6 nitrogen and oxygen atoms in total. The third kappa shape index (κ3) is 5.88. The van der Waals surface area contributed by atoms with E-state index in [2.05, 4.69) is 0 Å². The number of carbonyl (C=O) groups is 3. The van der Waals surface area contributed by atoms with Crippen molar-refractivity contribution in [1.29, 1.82) is 0 Å². The number of carbonyl (C=O) groups excluding carboxylic acids is 3. The number of nitrogens with zero attached hydrogens (tertiary/aromatic N) is 1. The highest BCUT2D eigenvalue weighted by molar-refractivity contribution is 8.18. The molecular formula is C26H19Cl2NO5S. The van der Waals surface area contributed by atoms with Crippen molar-refractivity contribution in [1.82, 2.24) is 4.90 Å². The Bertz CT molecular complexity index is 1330. The average Bonchev–Trinajstić information content (AvgIpc) is 3.10. The van der Waals surface area contributed by atoms with Crippen LogP contribution in [-0.2, 0) is 11.3 Å². The van der Waals surface area contributed by atoms with Crippen LogP contribution in [0.4, 0.5) is 4.79 Å². The van der Waals surface area contributed by atoms with Crippen molar-refractivity contribution in [3.8, 4) is 11.5 Å². The molecule has 0 aliphatic carbocycles. The van der Waals surface area contributed by atoms with E-state index in [-0.39, 0.29) is 17.2 Å². The molecule has 4 rings (SSSR count). The van der Waals surface area contributed by atoms with Crippen LogP contribution in [0.5, 0.6) is 11.5 Å². The third-order valence-electron chi connectivity index (χ3n) is 4.99. The van der Waals surface area contributed by atoms with Gasteiger partial charge in [-0.3, -0.25) is 14.5 Å². The van der Waals surface area contributed by atoms with Crippen LogP contribution < -0.4 is 9.47 Å². The van der Waals surface area contributed by atoms with Gasteiger partial charge in [0.15, 0.2) is 11.5 Å². The molecule has 0 bridgehead atoms. The molecule has 35 heavy (non-hydrogen) atoms. The molecule has 0 spiro atoms. The first kappa shape index (κ1) is 24.9. The molecule has 0 atom stereocenters. The lowest BCUT2D eigenvalue weighted by Gasteiger charge is -2.14. The summed E-state index contributed by atoms with van der Waals surface area (Å²) < 4.78 is 11.2. The van der Waals surface area contributed by atoms with Gasteiger partial charge < -0.3 is 9.47 Å². The number of imide groups is 1. The van der Waals surface area contributed by atoms with Gasteiger partial charge in [0.05, 0.1) is 23.6 Å². The Morgan fingerprint density at radius 3 is 2.49 bits per heavy atom. The molecule has 0 unspecified atom stereocenters. The summed E-state index contributed by atoms with van der Waals surface area (Å²) in [7, 11) is 0. The number of amides is 2. The van der Waals surface area contributed by atoms with Gasteiger partial charge in [-0.1, -0.05) is 53.5 Å². The second-order valence-corrected chi connectivity index (χ2v) is 9.24. The largest absolute Gasteiger partial charge is 0.490 e. The van der Waals surface area contributed by atoms with Crippen molar-refractivity contribution in [2.45, 2.75) is 13.5 Å². The zero-order valence-electron chi connectivity index (χ0n) is 18.5. The summed E-state index contributed by atoms with van der Waals surface area (Å²) in [5, 5.41) is 0.448. The molecule has 1 aliphatic rings. The van der Waals surface area contributed by atoms with E-state index in [1.165, 1.54) is 0 Å². The van der Waals surface area contributed by atoms with Crippen LogP contribution in [0.25, 0.3) is 6.08 Å². The zero-order chi connectivity index (χ0) is 24.9. The van der Waals surface area contributed by atoms with Gasteiger partial charge in [-0.25, -0.2) is 4.79 Å². The standard InChI is InChI=1S/C26H19Cl2NO5S/c1-2-33-22-12-16(8-11-21(22)34-25(31)17-6-4-3-5-7-17)13-23-24(30)29(26(32)35-23)15-18-9-10-19(27)14-20(18)28/h3-14H,2,15H2,1H3/b23-13-. The fraction of sp³-hybridized carbons (Fsp3) is 0.115. The van der Waals surface area contributed by atoms with Crippen LogP contribution in [0.3, 0.4) is 0 Å². The highest BCUT2D eigenvalue weighted by atomic mass is 35.5. The van der Waals surface area contributed by atoms with Crippen LogP contribution in [-0.4, -0.2) is 28.6 Å². The van der Waals surface area contributed by atoms with Crippen LogP contribution >= 0.6 is 35.0 Å². The van der Waals surface area contributed by atoms with Gasteiger partial charge in [0.2, 0.25) is 0 Å². The topological polar surface area (TPSA) is 72.9 Å². The minimum atomic E-state index is -0.513. The number of hydrogen-bond donors (Lipinski definition) is 0. The van der Waals surface area contributed by atoms with Crippen LogP contribution in [0.15, 0.2) is 71.6 Å². The fourth-order valence-electron chi connectivity index (χ4n) is 3.31. The predicted molar refractivity (Wildman–Crippen MR) is 137 cm³/mol. The Kier molecular flexibility index (Phi) is 7.80. The molecule has 1 aliphatic heterocycles. The second kappa shape index (κ2) is 11.0. The lowest BCUT2D eigenvalue weighted by Crippen LogP contribution is -2.27. The lowest BCUT2D eigenvalue weighted by atomic mass is 10.1. The van der Waals surface area contributed by atoms with Gasteiger partial charge in [-0.15, -0.1) is 0 Å². The lowest BCUT2D eigenvalue weighted by molar-refractivity contribution is -0.123. The van der Waals surface area contributed by atoms with E-state index in [9.17, 15) is 14.4 Å². The Morgan fingerprint density at radius 2 is 1.77 bits per heavy atom. The average molecular weight is 528 g/mol. The highest BCUT2D eigenvalue weighted by Crippen LogP contribution is 2.36. The summed E-state index contributed by atoms with van der Waals surface area (Å²) in [6.07, 6.45) is 1.60. The van der Waals surface area contributed by atoms with Gasteiger partial charge in [0.1, 0.15) is 0 Å². The van der Waals surface area contributed by atoms with Gasteiger partial charge >= 0.3 is 5.97 Å². The highest BCUT2D eigenvalue weighted by Gasteiger charge is 2.35. The Hall–Kier alpha value is -3.26. The number of benzene rings is 3. The van der Waals surface area contributed by atoms with Crippen molar-refractivity contribution in [3.63, 3.8) is 0 Å². The van der Waals surface area contributed by atoms with E-state index in [4.69, 9.17) is 32.7 Å². The first-order chi connectivity index (χ1) is 16.9. The minimum Gasteiger partial charge on any atom is -0.490 e. The first-order valence-electron chi connectivity index (χ1n) is 10.6. The summed E-state index contributed by atoms with van der Waals surface area (Å²) >= 11 is 13.0. The van der Waals surface area contributed by atoms with Gasteiger partial charge in [-0.05, 0) is 72.3 Å². The zero-order valence-corrected chi connectivity index (χ0v) is 20.8. The van der Waals surface area contributed by atoms with E-state index in [0.717, 1.165) is 16.7 Å². The van der Waals surface area contributed by atoms with E-state index in [1.807, 2.05) is 13.0 Å². The van der Waals surface area contributed by atoms with Gasteiger partial charge in [0.25, 0.3) is 11.1 Å². The molecule has 3 aromatic carbocycles. The van der Waals surface area contributed by atoms with Crippen LogP contribution in [0.1, 0.15) is 28.4 Å². The molecule has 1 fully saturated rings. The van der Waals surface area contributed by atoms with Crippen molar-refractivity contribution >= 4 is 58.2 Å². The van der Waals surface area contributed by atoms with Crippen molar-refractivity contribution < 1.29 is 23.9 Å². The third-order valence-corrected chi connectivity index (χ3v) is 6.49. The number of ether oxygens (including phenoxy) is 2. The minimum absolute atomic E-state index is 0.0383. The second-order valence-electron chi connectivity index (χ2n) is 7.40. The van der Waals surface area contributed by atoms with Crippen molar-refractivity contribution in [2.75, 3.05) is 6.61 Å². The quantitative estimate of drug-likeness (QED) is 0.190. The maximum atomic E-state index is 12.9. The molecule has 0 radical (unpaired) electrons. The van der Waals surface area contributed by atoms with Crippen LogP contribution in [0.2, 0.25) is 10.0 Å². The van der Waals surface area contributed by atoms with Crippen LogP contribution in [0, 0.1) is 0 Å². The van der Waals surface area contributed by atoms with E-state index in [1.54, 1.807) is 66.7 Å². The molecule has 0 saturated carbocycles. The number of esters is 1. The normalized spacial score (nSPS) is 14.5. The van der Waals surface area contributed by atoms with Gasteiger partial charge in [-0.2, -0.15) is 0 Å². The Balaban J connectivity index is 1.54. The summed E-state index contributed by atoms with van der Waals surface area (Å²) in [6.45, 7) is 2.19. The van der Waals surface area contributed by atoms with Crippen molar-refractivity contribution in [3.05, 3.63) is 98.4 Å². The Morgan fingerprint density at radius 1 is 1.00 bits per heavy atom. The Labute approximate surface area is 216 Å². The number of hydrogen-bond acceptors (Lipinski definition) is 6. The molecular weight excluding hydrogens is 509 g/mol. The maximum Gasteiger partial charge on any atom is 0.343 e. The maximum absolute atomic E-state index is 12.9. The monoisotopic (exact) mass is 527 g/mol. The van der Waals surface area contributed by atoms with E-state index in [0.29, 0.717) is 39.1 Å². The molecule has 3 aromatic rings. The van der Waals surface area contributed by atoms with E-state index >= 15 is 0 Å². The molecule has 178 valence electrons. The summed E-state index contributed by atoms with van der Waals surface area (Å²) in [5.41, 5.74) is 1.64. The van der Waals surface area contributed by atoms with E-state index < -0.39 is 17.1 Å².